The molecular formula is C34H39N9O3. The second-order valence-electron chi connectivity index (χ2n) is 11.0. The summed E-state index contributed by atoms with van der Waals surface area (Å²) in [5.74, 6) is -2.49. The van der Waals surface area contributed by atoms with Gasteiger partial charge in [-0.1, -0.05) is 72.8 Å². The lowest BCUT2D eigenvalue weighted by Crippen LogP contribution is -2.54. The van der Waals surface area contributed by atoms with Crippen LogP contribution in [-0.2, 0) is 27.2 Å². The number of primary amides is 1. The van der Waals surface area contributed by atoms with Crippen molar-refractivity contribution in [2.24, 2.45) is 27.9 Å². The molecule has 4 aromatic rings. The van der Waals surface area contributed by atoms with E-state index in [0.29, 0.717) is 24.0 Å². The van der Waals surface area contributed by atoms with E-state index in [-0.39, 0.29) is 31.2 Å². The standard InChI is InChI=1S/C34H39N9O3/c35-30(36)24-13-9-21(10-14-24)18-27(26-7-3-15-40-20-26)32(45)43-29(19-22-11-12-23-5-1-2-6-25(23)17-22)33(46)42-28(31(37)44)8-4-16-41-34(38)39/h1-3,5-7,9-15,17,20,27-29H,4,8,16,18-19H2,(H3,35,36)(H2,37,44)(H,42,46)(H,43,45)(H4,38,39,41)/t27?,28-,29-/m0/s1. The molecule has 12 heteroatoms. The number of carbonyl (C=O) groups is 3. The molecule has 11 N–H and O–H groups in total. The summed E-state index contributed by atoms with van der Waals surface area (Å²) in [5, 5.41) is 15.4. The van der Waals surface area contributed by atoms with Gasteiger partial charge in [-0.3, -0.25) is 29.8 Å². The number of pyridine rings is 1. The maximum atomic E-state index is 14.0. The number of nitrogens with zero attached hydrogens (tertiary/aromatic N) is 2. The number of amides is 3. The molecule has 0 fully saturated rings. The van der Waals surface area contributed by atoms with Crippen LogP contribution in [0.15, 0.2) is 96.2 Å². The molecule has 46 heavy (non-hydrogen) atoms. The first-order valence-corrected chi connectivity index (χ1v) is 14.9. The van der Waals surface area contributed by atoms with Gasteiger partial charge in [0.25, 0.3) is 0 Å². The van der Waals surface area contributed by atoms with E-state index in [4.69, 9.17) is 28.3 Å². The van der Waals surface area contributed by atoms with Crippen molar-refractivity contribution in [3.63, 3.8) is 0 Å². The van der Waals surface area contributed by atoms with Gasteiger partial charge in [0.05, 0.1) is 5.92 Å². The van der Waals surface area contributed by atoms with Gasteiger partial charge in [0.2, 0.25) is 17.7 Å². The molecule has 0 aliphatic carbocycles. The van der Waals surface area contributed by atoms with Crippen molar-refractivity contribution in [3.05, 3.63) is 114 Å². The fourth-order valence-corrected chi connectivity index (χ4v) is 5.14. The van der Waals surface area contributed by atoms with Crippen LogP contribution in [0.5, 0.6) is 0 Å². The van der Waals surface area contributed by atoms with Gasteiger partial charge >= 0.3 is 0 Å². The van der Waals surface area contributed by atoms with E-state index in [9.17, 15) is 14.4 Å². The molecule has 238 valence electrons. The Labute approximate surface area is 267 Å². The van der Waals surface area contributed by atoms with Gasteiger partial charge in [0.1, 0.15) is 17.9 Å². The Morgan fingerprint density at radius 2 is 1.48 bits per heavy atom. The van der Waals surface area contributed by atoms with Crippen LogP contribution in [0.3, 0.4) is 0 Å². The van der Waals surface area contributed by atoms with Gasteiger partial charge in [-0.25, -0.2) is 0 Å². The van der Waals surface area contributed by atoms with Gasteiger partial charge in [-0.15, -0.1) is 0 Å². The van der Waals surface area contributed by atoms with Gasteiger partial charge in [0.15, 0.2) is 5.96 Å². The topological polar surface area (TPSA) is 228 Å². The number of fused-ring (bicyclic) bond motifs is 1. The predicted molar refractivity (Wildman–Crippen MR) is 179 cm³/mol. The number of nitrogens with one attached hydrogen (secondary N) is 3. The van der Waals surface area contributed by atoms with Crippen LogP contribution < -0.4 is 33.6 Å². The number of benzene rings is 3. The van der Waals surface area contributed by atoms with Gasteiger partial charge in [-0.05, 0) is 52.8 Å². The van der Waals surface area contributed by atoms with E-state index in [1.165, 1.54) is 0 Å². The van der Waals surface area contributed by atoms with E-state index in [1.54, 1.807) is 36.7 Å². The molecule has 12 nitrogen and oxygen atoms in total. The number of amidine groups is 1. The highest BCUT2D eigenvalue weighted by atomic mass is 16.2. The number of guanidine groups is 1. The summed E-state index contributed by atoms with van der Waals surface area (Å²) >= 11 is 0. The summed E-state index contributed by atoms with van der Waals surface area (Å²) in [7, 11) is 0. The van der Waals surface area contributed by atoms with Gasteiger partial charge in [-0.2, -0.15) is 0 Å². The molecular weight excluding hydrogens is 582 g/mol. The Bertz CT molecular complexity index is 1700. The number of hydrogen-bond acceptors (Lipinski definition) is 6. The molecule has 4 rings (SSSR count). The molecule has 0 spiro atoms. The van der Waals surface area contributed by atoms with Crippen LogP contribution in [0, 0.1) is 5.41 Å². The van der Waals surface area contributed by atoms with Crippen LogP contribution in [0.25, 0.3) is 10.8 Å². The molecule has 3 amide bonds. The number of nitrogen functional groups attached to an aromatic ring is 1. The van der Waals surface area contributed by atoms with Crippen LogP contribution in [0.4, 0.5) is 0 Å². The predicted octanol–water partition coefficient (Wildman–Crippen LogP) is 1.60. The molecule has 0 aliphatic rings. The van der Waals surface area contributed by atoms with E-state index < -0.39 is 35.7 Å². The second-order valence-corrected chi connectivity index (χ2v) is 11.0. The third-order valence-electron chi connectivity index (χ3n) is 7.60. The lowest BCUT2D eigenvalue weighted by Gasteiger charge is -2.25. The Morgan fingerprint density at radius 1 is 0.783 bits per heavy atom. The minimum atomic E-state index is -1.03. The minimum Gasteiger partial charge on any atom is -0.384 e. The van der Waals surface area contributed by atoms with Gasteiger partial charge in [0, 0.05) is 30.9 Å². The molecule has 0 radical (unpaired) electrons. The van der Waals surface area contributed by atoms with Crippen LogP contribution in [-0.4, -0.2) is 53.1 Å². The van der Waals surface area contributed by atoms with Crippen molar-refractivity contribution in [1.82, 2.24) is 15.6 Å². The van der Waals surface area contributed by atoms with Gasteiger partial charge < -0.3 is 33.6 Å². The van der Waals surface area contributed by atoms with Crippen molar-refractivity contribution < 1.29 is 14.4 Å². The molecule has 1 aromatic heterocycles. The van der Waals surface area contributed by atoms with E-state index in [1.807, 2.05) is 54.6 Å². The summed E-state index contributed by atoms with van der Waals surface area (Å²) in [4.78, 5) is 48.2. The number of aliphatic imine (C=N–C) groups is 1. The smallest absolute Gasteiger partial charge is 0.243 e. The maximum absolute atomic E-state index is 14.0. The summed E-state index contributed by atoms with van der Waals surface area (Å²) in [6.07, 6.45) is 4.31. The summed E-state index contributed by atoms with van der Waals surface area (Å²) < 4.78 is 0. The fourth-order valence-electron chi connectivity index (χ4n) is 5.14. The molecule has 3 aromatic carbocycles. The minimum absolute atomic E-state index is 0.0545. The Morgan fingerprint density at radius 3 is 2.13 bits per heavy atom. The molecule has 0 bridgehead atoms. The molecule has 1 unspecified atom stereocenters. The lowest BCUT2D eigenvalue weighted by atomic mass is 9.91. The first-order chi connectivity index (χ1) is 22.1. The number of rotatable bonds is 15. The van der Waals surface area contributed by atoms with E-state index in [2.05, 4.69) is 20.6 Å². The fraction of sp³-hybridized carbons (Fsp3) is 0.235. The quantitative estimate of drug-likeness (QED) is 0.0588. The van der Waals surface area contributed by atoms with Crippen molar-refractivity contribution >= 4 is 40.3 Å². The normalized spacial score (nSPS) is 12.8. The highest BCUT2D eigenvalue weighted by molar-refractivity contribution is 5.95. The largest absolute Gasteiger partial charge is 0.384 e. The summed E-state index contributed by atoms with van der Waals surface area (Å²) in [5.41, 5.74) is 24.9. The lowest BCUT2D eigenvalue weighted by molar-refractivity contribution is -0.131. The van der Waals surface area contributed by atoms with Crippen LogP contribution in [0.1, 0.15) is 41.0 Å². The zero-order chi connectivity index (χ0) is 33.1. The maximum Gasteiger partial charge on any atom is 0.243 e. The van der Waals surface area contributed by atoms with Crippen molar-refractivity contribution in [3.8, 4) is 0 Å². The van der Waals surface area contributed by atoms with Crippen LogP contribution >= 0.6 is 0 Å². The molecule has 0 aliphatic heterocycles. The summed E-state index contributed by atoms with van der Waals surface area (Å²) in [6.45, 7) is 0.263. The average Bonchev–Trinajstić information content (AvgIpc) is 3.04. The third kappa shape index (κ3) is 9.36. The monoisotopic (exact) mass is 621 g/mol. The van der Waals surface area contributed by atoms with Crippen molar-refractivity contribution in [2.45, 2.75) is 43.7 Å². The van der Waals surface area contributed by atoms with Crippen molar-refractivity contribution in [2.75, 3.05) is 6.54 Å². The molecule has 0 saturated heterocycles. The highest BCUT2D eigenvalue weighted by Gasteiger charge is 2.29. The number of carbonyl (C=O) groups excluding carboxylic acids is 3. The Hall–Kier alpha value is -5.78. The van der Waals surface area contributed by atoms with E-state index in [0.717, 1.165) is 21.9 Å². The second kappa shape index (κ2) is 15.8. The molecule has 0 saturated carbocycles. The Balaban J connectivity index is 1.61. The zero-order valence-electron chi connectivity index (χ0n) is 25.4. The SMILES string of the molecule is N=C(N)c1ccc(CC(C(=O)N[C@@H](Cc2ccc3ccccc3c2)C(=O)N[C@@H](CCCN=C(N)N)C(N)=O)c2cccnc2)cc1. The first-order valence-electron chi connectivity index (χ1n) is 14.9. The average molecular weight is 622 g/mol. The number of hydrogen-bond donors (Lipinski definition) is 7. The van der Waals surface area contributed by atoms with Crippen LogP contribution in [0.2, 0.25) is 0 Å². The molecule has 3 atom stereocenters. The number of aromatic nitrogens is 1. The summed E-state index contributed by atoms with van der Waals surface area (Å²) in [6, 6.07) is 22.3. The molecule has 1 heterocycles. The zero-order valence-corrected chi connectivity index (χ0v) is 25.4. The Kier molecular flexibility index (Phi) is 11.4. The highest BCUT2D eigenvalue weighted by Crippen LogP contribution is 2.23. The number of nitrogens with two attached hydrogens (primary N) is 4. The first kappa shape index (κ1) is 33.1. The third-order valence-corrected chi connectivity index (χ3v) is 7.60. The van der Waals surface area contributed by atoms with E-state index >= 15 is 0 Å². The van der Waals surface area contributed by atoms with Crippen molar-refractivity contribution in [1.29, 1.82) is 5.41 Å².